The number of amides is 2. The van der Waals surface area contributed by atoms with Crippen LogP contribution in [0.15, 0.2) is 24.3 Å². The highest BCUT2D eigenvalue weighted by Crippen LogP contribution is 2.37. The molecule has 0 atom stereocenters. The molecule has 2 aliphatic heterocycles. The van der Waals surface area contributed by atoms with Crippen molar-refractivity contribution in [3.8, 4) is 0 Å². The van der Waals surface area contributed by atoms with Crippen LogP contribution in [0.3, 0.4) is 0 Å². The first-order valence-electron chi connectivity index (χ1n) is 7.36. The average molecular weight is 290 g/mol. The van der Waals surface area contributed by atoms with Gasteiger partial charge in [-0.2, -0.15) is 0 Å². The summed E-state index contributed by atoms with van der Waals surface area (Å²) in [6.07, 6.45) is 2.36. The molecule has 4 nitrogen and oxygen atoms in total. The number of halogens is 1. The highest BCUT2D eigenvalue weighted by molar-refractivity contribution is 5.80. The van der Waals surface area contributed by atoms with Crippen molar-refractivity contribution in [3.63, 3.8) is 0 Å². The Morgan fingerprint density at radius 3 is 2.62 bits per heavy atom. The molecule has 2 fully saturated rings. The summed E-state index contributed by atoms with van der Waals surface area (Å²) in [5.74, 6) is -0.252. The molecule has 1 aromatic carbocycles. The van der Waals surface area contributed by atoms with Crippen molar-refractivity contribution in [2.24, 2.45) is 5.41 Å². The summed E-state index contributed by atoms with van der Waals surface area (Å²) in [5.41, 5.74) is 0.478. The molecule has 2 amide bonds. The Balaban J connectivity index is 1.58. The van der Waals surface area contributed by atoms with Gasteiger partial charge >= 0.3 is 0 Å². The number of rotatable bonds is 2. The van der Waals surface area contributed by atoms with Crippen LogP contribution in [0.1, 0.15) is 24.8 Å². The van der Waals surface area contributed by atoms with Crippen LogP contribution >= 0.6 is 0 Å². The number of hydrogen-bond acceptors (Lipinski definition) is 2. The minimum absolute atomic E-state index is 0.0336. The van der Waals surface area contributed by atoms with E-state index in [0.29, 0.717) is 25.1 Å². The zero-order valence-electron chi connectivity index (χ0n) is 11.9. The van der Waals surface area contributed by atoms with Crippen LogP contribution in [-0.4, -0.2) is 36.3 Å². The highest BCUT2D eigenvalue weighted by Gasteiger charge is 2.41. The van der Waals surface area contributed by atoms with Crippen molar-refractivity contribution >= 4 is 11.8 Å². The van der Waals surface area contributed by atoms with Crippen molar-refractivity contribution in [2.75, 3.05) is 19.6 Å². The zero-order valence-corrected chi connectivity index (χ0v) is 11.9. The fraction of sp³-hybridized carbons (Fsp3) is 0.500. The van der Waals surface area contributed by atoms with Crippen LogP contribution in [0.4, 0.5) is 4.39 Å². The van der Waals surface area contributed by atoms with E-state index in [9.17, 15) is 14.0 Å². The number of piperidine rings is 1. The quantitative estimate of drug-likeness (QED) is 0.897. The van der Waals surface area contributed by atoms with Crippen LogP contribution in [0.2, 0.25) is 0 Å². The highest BCUT2D eigenvalue weighted by atomic mass is 19.1. The Morgan fingerprint density at radius 1 is 1.29 bits per heavy atom. The summed E-state index contributed by atoms with van der Waals surface area (Å²) in [7, 11) is 0. The maximum atomic E-state index is 13.6. The fourth-order valence-electron chi connectivity index (χ4n) is 3.25. The SMILES string of the molecule is O=C1CC2(CCN(C(=O)Cc3ccccc3F)CC2)CN1. The Kier molecular flexibility index (Phi) is 3.66. The molecule has 0 saturated carbocycles. The third-order valence-corrected chi connectivity index (χ3v) is 4.67. The number of carbonyl (C=O) groups is 2. The maximum absolute atomic E-state index is 13.6. The van der Waals surface area contributed by atoms with Gasteiger partial charge in [0.15, 0.2) is 0 Å². The van der Waals surface area contributed by atoms with E-state index in [2.05, 4.69) is 5.32 Å². The lowest BCUT2D eigenvalue weighted by molar-refractivity contribution is -0.132. The number of benzene rings is 1. The van der Waals surface area contributed by atoms with Gasteiger partial charge in [0.2, 0.25) is 11.8 Å². The number of nitrogens with zero attached hydrogens (tertiary/aromatic N) is 1. The summed E-state index contributed by atoms with van der Waals surface area (Å²) < 4.78 is 13.6. The summed E-state index contributed by atoms with van der Waals surface area (Å²) in [5, 5.41) is 2.88. The zero-order chi connectivity index (χ0) is 14.9. The van der Waals surface area contributed by atoms with Crippen LogP contribution in [0.5, 0.6) is 0 Å². The molecule has 1 N–H and O–H groups in total. The first kappa shape index (κ1) is 14.0. The molecular weight excluding hydrogens is 271 g/mol. The van der Waals surface area contributed by atoms with Crippen LogP contribution in [-0.2, 0) is 16.0 Å². The molecule has 0 bridgehead atoms. The molecule has 0 aromatic heterocycles. The number of hydrogen-bond donors (Lipinski definition) is 1. The summed E-state index contributed by atoms with van der Waals surface area (Å²) >= 11 is 0. The standard InChI is InChI=1S/C16H19FN2O2/c17-13-4-2-1-3-12(13)9-15(21)19-7-5-16(6-8-19)10-14(20)18-11-16/h1-4H,5-11H2,(H,18,20). The summed E-state index contributed by atoms with van der Waals surface area (Å²) in [6.45, 7) is 2.03. The van der Waals surface area contributed by atoms with E-state index in [-0.39, 0.29) is 29.5 Å². The molecule has 21 heavy (non-hydrogen) atoms. The molecule has 0 aliphatic carbocycles. The molecular formula is C16H19FN2O2. The van der Waals surface area contributed by atoms with Crippen molar-refractivity contribution < 1.29 is 14.0 Å². The van der Waals surface area contributed by atoms with E-state index in [1.807, 2.05) is 0 Å². The van der Waals surface area contributed by atoms with Gasteiger partial charge in [-0.1, -0.05) is 18.2 Å². The van der Waals surface area contributed by atoms with Gasteiger partial charge in [-0.15, -0.1) is 0 Å². The van der Waals surface area contributed by atoms with Gasteiger partial charge in [0.05, 0.1) is 6.42 Å². The van der Waals surface area contributed by atoms with Crippen LogP contribution in [0.25, 0.3) is 0 Å². The molecule has 2 heterocycles. The minimum Gasteiger partial charge on any atom is -0.356 e. The van der Waals surface area contributed by atoms with Gasteiger partial charge in [-0.3, -0.25) is 9.59 Å². The Labute approximate surface area is 123 Å². The number of likely N-dealkylation sites (tertiary alicyclic amines) is 1. The van der Waals surface area contributed by atoms with Crippen molar-refractivity contribution in [1.29, 1.82) is 0 Å². The number of nitrogens with one attached hydrogen (secondary N) is 1. The largest absolute Gasteiger partial charge is 0.356 e. The van der Waals surface area contributed by atoms with Gasteiger partial charge in [-0.05, 0) is 29.9 Å². The molecule has 0 radical (unpaired) electrons. The lowest BCUT2D eigenvalue weighted by atomic mass is 9.77. The lowest BCUT2D eigenvalue weighted by Crippen LogP contribution is -2.44. The Bertz CT molecular complexity index is 565. The van der Waals surface area contributed by atoms with Gasteiger partial charge in [-0.25, -0.2) is 4.39 Å². The second kappa shape index (κ2) is 5.47. The van der Waals surface area contributed by atoms with Crippen molar-refractivity contribution in [3.05, 3.63) is 35.6 Å². The monoisotopic (exact) mass is 290 g/mol. The average Bonchev–Trinajstić information content (AvgIpc) is 2.83. The Morgan fingerprint density at radius 2 is 2.00 bits per heavy atom. The molecule has 2 saturated heterocycles. The van der Waals surface area contributed by atoms with E-state index >= 15 is 0 Å². The smallest absolute Gasteiger partial charge is 0.227 e. The molecule has 112 valence electrons. The van der Waals surface area contributed by atoms with E-state index in [1.165, 1.54) is 6.07 Å². The Hall–Kier alpha value is -1.91. The van der Waals surface area contributed by atoms with Gasteiger partial charge < -0.3 is 10.2 Å². The van der Waals surface area contributed by atoms with Crippen molar-refractivity contribution in [2.45, 2.75) is 25.7 Å². The molecule has 1 aromatic rings. The molecule has 0 unspecified atom stereocenters. The fourth-order valence-corrected chi connectivity index (χ4v) is 3.25. The maximum Gasteiger partial charge on any atom is 0.227 e. The minimum atomic E-state index is -0.329. The van der Waals surface area contributed by atoms with Gasteiger partial charge in [0.25, 0.3) is 0 Å². The third kappa shape index (κ3) is 2.91. The second-order valence-corrected chi connectivity index (χ2v) is 6.10. The van der Waals surface area contributed by atoms with Crippen LogP contribution in [0, 0.1) is 11.2 Å². The first-order chi connectivity index (χ1) is 10.1. The molecule has 2 aliphatic rings. The second-order valence-electron chi connectivity index (χ2n) is 6.10. The lowest BCUT2D eigenvalue weighted by Gasteiger charge is -2.38. The van der Waals surface area contributed by atoms with Gasteiger partial charge in [0.1, 0.15) is 5.82 Å². The predicted molar refractivity (Wildman–Crippen MR) is 76.0 cm³/mol. The molecule has 1 spiro atoms. The normalized spacial score (nSPS) is 20.6. The van der Waals surface area contributed by atoms with E-state index in [0.717, 1.165) is 19.4 Å². The van der Waals surface area contributed by atoms with Crippen LogP contribution < -0.4 is 5.32 Å². The number of carbonyl (C=O) groups excluding carboxylic acids is 2. The summed E-state index contributed by atoms with van der Waals surface area (Å²) in [6, 6.07) is 6.40. The van der Waals surface area contributed by atoms with Gasteiger partial charge in [0, 0.05) is 26.1 Å². The topological polar surface area (TPSA) is 49.4 Å². The van der Waals surface area contributed by atoms with E-state index < -0.39 is 0 Å². The third-order valence-electron chi connectivity index (χ3n) is 4.67. The summed E-state index contributed by atoms with van der Waals surface area (Å²) in [4.78, 5) is 25.4. The molecule has 3 rings (SSSR count). The van der Waals surface area contributed by atoms with E-state index in [4.69, 9.17) is 0 Å². The van der Waals surface area contributed by atoms with Crippen molar-refractivity contribution in [1.82, 2.24) is 10.2 Å². The van der Waals surface area contributed by atoms with E-state index in [1.54, 1.807) is 23.1 Å². The molecule has 5 heteroatoms. The first-order valence-corrected chi connectivity index (χ1v) is 7.36. The predicted octanol–water partition coefficient (Wildman–Crippen LogP) is 1.50.